The van der Waals surface area contributed by atoms with E-state index < -0.39 is 0 Å². The maximum Gasteiger partial charge on any atom is 0.0528 e. The van der Waals surface area contributed by atoms with Gasteiger partial charge in [0.15, 0.2) is 0 Å². The van der Waals surface area contributed by atoms with Crippen LogP contribution in [0.1, 0.15) is 58.3 Å². The predicted molar refractivity (Wildman–Crippen MR) is 81.4 cm³/mol. The van der Waals surface area contributed by atoms with Gasteiger partial charge in [-0.1, -0.05) is 37.8 Å². The van der Waals surface area contributed by atoms with Crippen molar-refractivity contribution in [1.82, 2.24) is 5.32 Å². The molecule has 1 heterocycles. The van der Waals surface area contributed by atoms with E-state index in [9.17, 15) is 0 Å². The molecular formula is C17H31NO. The van der Waals surface area contributed by atoms with Crippen LogP contribution in [0.15, 0.2) is 11.6 Å². The first-order valence-electron chi connectivity index (χ1n) is 8.39. The van der Waals surface area contributed by atoms with Gasteiger partial charge in [-0.2, -0.15) is 0 Å². The zero-order chi connectivity index (χ0) is 13.3. The normalized spacial score (nSPS) is 26.6. The van der Waals surface area contributed by atoms with Gasteiger partial charge in [0.2, 0.25) is 0 Å². The third kappa shape index (κ3) is 5.27. The van der Waals surface area contributed by atoms with Crippen LogP contribution in [-0.4, -0.2) is 26.3 Å². The van der Waals surface area contributed by atoms with Gasteiger partial charge >= 0.3 is 0 Å². The Labute approximate surface area is 119 Å². The minimum Gasteiger partial charge on any atom is -0.381 e. The number of hydrogen-bond donors (Lipinski definition) is 1. The molecule has 0 spiro atoms. The standard InChI is InChI=1S/C17H31NO/c1-2-10-18-13-17(16-8-4-3-5-9-16)12-15-7-6-11-19-14-15/h12,15-16,18H,2-11,13-14H2,1H3/b17-12-. The van der Waals surface area contributed by atoms with Gasteiger partial charge in [0, 0.05) is 19.1 Å². The lowest BCUT2D eigenvalue weighted by molar-refractivity contribution is 0.0705. The molecule has 2 aliphatic rings. The fraction of sp³-hybridized carbons (Fsp3) is 0.882. The summed E-state index contributed by atoms with van der Waals surface area (Å²) < 4.78 is 5.63. The van der Waals surface area contributed by atoms with E-state index in [1.54, 1.807) is 5.57 Å². The molecule has 2 nitrogen and oxygen atoms in total. The van der Waals surface area contributed by atoms with E-state index in [1.807, 2.05) is 0 Å². The molecule has 1 aliphatic carbocycles. The summed E-state index contributed by atoms with van der Waals surface area (Å²) in [4.78, 5) is 0. The summed E-state index contributed by atoms with van der Waals surface area (Å²) in [5, 5.41) is 3.61. The molecular weight excluding hydrogens is 234 g/mol. The molecule has 2 heteroatoms. The van der Waals surface area contributed by atoms with E-state index in [2.05, 4.69) is 18.3 Å². The van der Waals surface area contributed by atoms with Crippen LogP contribution in [0.2, 0.25) is 0 Å². The van der Waals surface area contributed by atoms with Crippen molar-refractivity contribution in [2.24, 2.45) is 11.8 Å². The topological polar surface area (TPSA) is 21.3 Å². The molecule has 110 valence electrons. The number of ether oxygens (including phenoxy) is 1. The largest absolute Gasteiger partial charge is 0.381 e. The molecule has 0 aromatic carbocycles. The monoisotopic (exact) mass is 265 g/mol. The summed E-state index contributed by atoms with van der Waals surface area (Å²) in [7, 11) is 0. The molecule has 0 aromatic rings. The van der Waals surface area contributed by atoms with Crippen LogP contribution >= 0.6 is 0 Å². The lowest BCUT2D eigenvalue weighted by atomic mass is 9.82. The molecule has 1 saturated heterocycles. The first-order chi connectivity index (χ1) is 9.40. The number of hydrogen-bond acceptors (Lipinski definition) is 2. The Bertz CT molecular complexity index is 262. The number of nitrogens with one attached hydrogen (secondary N) is 1. The highest BCUT2D eigenvalue weighted by Crippen LogP contribution is 2.31. The molecule has 0 amide bonds. The average Bonchev–Trinajstić information content (AvgIpc) is 2.48. The second kappa shape index (κ2) is 8.76. The van der Waals surface area contributed by atoms with Gasteiger partial charge in [0.1, 0.15) is 0 Å². The van der Waals surface area contributed by atoms with E-state index in [0.717, 1.165) is 32.2 Å². The third-order valence-electron chi connectivity index (χ3n) is 4.53. The van der Waals surface area contributed by atoms with Gasteiger partial charge in [-0.25, -0.2) is 0 Å². The van der Waals surface area contributed by atoms with Gasteiger partial charge in [-0.05, 0) is 44.6 Å². The van der Waals surface area contributed by atoms with Crippen LogP contribution in [-0.2, 0) is 4.74 Å². The first-order valence-corrected chi connectivity index (χ1v) is 8.39. The van der Waals surface area contributed by atoms with Gasteiger partial charge < -0.3 is 10.1 Å². The van der Waals surface area contributed by atoms with E-state index in [0.29, 0.717) is 5.92 Å². The van der Waals surface area contributed by atoms with Crippen molar-refractivity contribution in [3.05, 3.63) is 11.6 Å². The minimum atomic E-state index is 0.675. The fourth-order valence-corrected chi connectivity index (χ4v) is 3.42. The molecule has 1 saturated carbocycles. The molecule has 1 unspecified atom stereocenters. The van der Waals surface area contributed by atoms with Gasteiger partial charge in [-0.3, -0.25) is 0 Å². The van der Waals surface area contributed by atoms with Gasteiger partial charge in [0.05, 0.1) is 6.61 Å². The Hall–Kier alpha value is -0.340. The molecule has 1 N–H and O–H groups in total. The van der Waals surface area contributed by atoms with Gasteiger partial charge in [-0.15, -0.1) is 0 Å². The van der Waals surface area contributed by atoms with Crippen LogP contribution in [0, 0.1) is 11.8 Å². The summed E-state index contributed by atoms with van der Waals surface area (Å²) in [5.74, 6) is 1.52. The van der Waals surface area contributed by atoms with E-state index in [-0.39, 0.29) is 0 Å². The first kappa shape index (κ1) is 15.1. The van der Waals surface area contributed by atoms with Crippen molar-refractivity contribution in [3.63, 3.8) is 0 Å². The van der Waals surface area contributed by atoms with E-state index in [1.165, 1.54) is 51.4 Å². The van der Waals surface area contributed by atoms with Crippen LogP contribution < -0.4 is 5.32 Å². The molecule has 1 atom stereocenters. The summed E-state index contributed by atoms with van der Waals surface area (Å²) in [6.45, 7) is 6.41. The quantitative estimate of drug-likeness (QED) is 0.580. The SMILES string of the molecule is CCCNC/C(=C/C1CCCOC1)C1CCCCC1. The molecule has 0 bridgehead atoms. The number of rotatable bonds is 6. The molecule has 0 radical (unpaired) electrons. The lowest BCUT2D eigenvalue weighted by Crippen LogP contribution is -2.25. The Morgan fingerprint density at radius 1 is 1.16 bits per heavy atom. The summed E-state index contributed by atoms with van der Waals surface area (Å²) in [6.07, 6.45) is 13.5. The van der Waals surface area contributed by atoms with Crippen LogP contribution in [0.5, 0.6) is 0 Å². The van der Waals surface area contributed by atoms with Crippen LogP contribution in [0.4, 0.5) is 0 Å². The van der Waals surface area contributed by atoms with E-state index >= 15 is 0 Å². The summed E-state index contributed by atoms with van der Waals surface area (Å²) in [6, 6.07) is 0. The van der Waals surface area contributed by atoms with Crippen LogP contribution in [0.25, 0.3) is 0 Å². The molecule has 2 fully saturated rings. The van der Waals surface area contributed by atoms with Crippen molar-refractivity contribution in [2.45, 2.75) is 58.3 Å². The fourth-order valence-electron chi connectivity index (χ4n) is 3.42. The van der Waals surface area contributed by atoms with E-state index in [4.69, 9.17) is 4.74 Å². The Balaban J connectivity index is 1.92. The van der Waals surface area contributed by atoms with Crippen molar-refractivity contribution >= 4 is 0 Å². The predicted octanol–water partition coefficient (Wildman–Crippen LogP) is 3.92. The van der Waals surface area contributed by atoms with Gasteiger partial charge in [0.25, 0.3) is 0 Å². The Morgan fingerprint density at radius 3 is 2.68 bits per heavy atom. The highest BCUT2D eigenvalue weighted by atomic mass is 16.5. The second-order valence-corrected chi connectivity index (χ2v) is 6.23. The second-order valence-electron chi connectivity index (χ2n) is 6.23. The maximum absolute atomic E-state index is 5.63. The highest BCUT2D eigenvalue weighted by Gasteiger charge is 2.20. The maximum atomic E-state index is 5.63. The summed E-state index contributed by atoms with van der Waals surface area (Å²) in [5.41, 5.74) is 1.68. The minimum absolute atomic E-state index is 0.675. The zero-order valence-electron chi connectivity index (χ0n) is 12.6. The smallest absolute Gasteiger partial charge is 0.0528 e. The lowest BCUT2D eigenvalue weighted by Gasteiger charge is -2.27. The Morgan fingerprint density at radius 2 is 2.00 bits per heavy atom. The molecule has 19 heavy (non-hydrogen) atoms. The third-order valence-corrected chi connectivity index (χ3v) is 4.53. The van der Waals surface area contributed by atoms with Crippen molar-refractivity contribution in [2.75, 3.05) is 26.3 Å². The van der Waals surface area contributed by atoms with Crippen LogP contribution in [0.3, 0.4) is 0 Å². The van der Waals surface area contributed by atoms with Crippen molar-refractivity contribution in [1.29, 1.82) is 0 Å². The highest BCUT2D eigenvalue weighted by molar-refractivity contribution is 5.12. The molecule has 1 aliphatic heterocycles. The average molecular weight is 265 g/mol. The Kier molecular flexibility index (Phi) is 6.94. The molecule has 0 aromatic heterocycles. The van der Waals surface area contributed by atoms with Crippen molar-refractivity contribution in [3.8, 4) is 0 Å². The van der Waals surface area contributed by atoms with Crippen molar-refractivity contribution < 1.29 is 4.74 Å². The summed E-state index contributed by atoms with van der Waals surface area (Å²) >= 11 is 0. The zero-order valence-corrected chi connectivity index (χ0v) is 12.6. The molecule has 2 rings (SSSR count).